The van der Waals surface area contributed by atoms with Gasteiger partial charge in [0.15, 0.2) is 16.6 Å². The Bertz CT molecular complexity index is 849. The zero-order valence-electron chi connectivity index (χ0n) is 17.2. The van der Waals surface area contributed by atoms with Gasteiger partial charge in [0.1, 0.15) is 12.4 Å². The summed E-state index contributed by atoms with van der Waals surface area (Å²) in [5.74, 6) is 2.34. The van der Waals surface area contributed by atoms with Gasteiger partial charge in [-0.25, -0.2) is 0 Å². The third kappa shape index (κ3) is 4.17. The number of rotatable bonds is 5. The Morgan fingerprint density at radius 1 is 1.07 bits per heavy atom. The van der Waals surface area contributed by atoms with Crippen molar-refractivity contribution in [2.75, 3.05) is 34.4 Å². The predicted octanol–water partition coefficient (Wildman–Crippen LogP) is 3.80. The van der Waals surface area contributed by atoms with Gasteiger partial charge in [0, 0.05) is 13.6 Å². The Morgan fingerprint density at radius 3 is 2.32 bits per heavy atom. The van der Waals surface area contributed by atoms with Crippen LogP contribution in [0.3, 0.4) is 0 Å². The van der Waals surface area contributed by atoms with Crippen molar-refractivity contribution in [3.63, 3.8) is 0 Å². The summed E-state index contributed by atoms with van der Waals surface area (Å²) < 4.78 is 17.2. The zero-order valence-corrected chi connectivity index (χ0v) is 18.0. The number of aryl methyl sites for hydroxylation is 2. The lowest BCUT2D eigenvalue weighted by Gasteiger charge is -2.39. The number of methoxy groups -OCH3 is 2. The fourth-order valence-electron chi connectivity index (χ4n) is 3.79. The van der Waals surface area contributed by atoms with Gasteiger partial charge in [-0.1, -0.05) is 6.07 Å². The second-order valence-electron chi connectivity index (χ2n) is 7.05. The van der Waals surface area contributed by atoms with Crippen molar-refractivity contribution in [3.05, 3.63) is 52.6 Å². The molecule has 0 aromatic heterocycles. The van der Waals surface area contributed by atoms with Crippen molar-refractivity contribution >= 4 is 17.3 Å². The first-order valence-electron chi connectivity index (χ1n) is 9.41. The van der Waals surface area contributed by atoms with Crippen LogP contribution in [-0.2, 0) is 6.42 Å². The van der Waals surface area contributed by atoms with E-state index < -0.39 is 0 Å². The maximum Gasteiger partial charge on any atom is 0.169 e. The molecule has 0 radical (unpaired) electrons. The van der Waals surface area contributed by atoms with Crippen LogP contribution in [0.1, 0.15) is 28.3 Å². The maximum absolute atomic E-state index is 6.22. The Morgan fingerprint density at radius 2 is 1.71 bits per heavy atom. The van der Waals surface area contributed by atoms with Crippen molar-refractivity contribution in [2.24, 2.45) is 0 Å². The number of nitrogens with zero attached hydrogens (tertiary/aromatic N) is 1. The topological polar surface area (TPSA) is 43.0 Å². The lowest BCUT2D eigenvalue weighted by atomic mass is 9.92. The SMILES string of the molecule is CNC(=S)N1CCc2cc(OC)c(OC)cc2[C@@H]1COc1cc(C)cc(C)c1. The molecule has 0 fully saturated rings. The summed E-state index contributed by atoms with van der Waals surface area (Å²) in [7, 11) is 5.18. The van der Waals surface area contributed by atoms with Crippen LogP contribution in [0.15, 0.2) is 30.3 Å². The smallest absolute Gasteiger partial charge is 0.169 e. The number of hydrogen-bond donors (Lipinski definition) is 1. The van der Waals surface area contributed by atoms with E-state index in [0.29, 0.717) is 6.61 Å². The standard InChI is InChI=1S/C22H28N2O3S/c1-14-8-15(2)10-17(9-14)27-13-19-18-12-21(26-5)20(25-4)11-16(18)6-7-24(19)22(28)23-3/h8-12,19H,6-7,13H2,1-5H3,(H,23,28)/t19-/m0/s1. The first-order valence-corrected chi connectivity index (χ1v) is 9.82. The van der Waals surface area contributed by atoms with Gasteiger partial charge in [-0.3, -0.25) is 0 Å². The van der Waals surface area contributed by atoms with E-state index in [-0.39, 0.29) is 6.04 Å². The lowest BCUT2D eigenvalue weighted by molar-refractivity contribution is 0.187. The van der Waals surface area contributed by atoms with E-state index in [0.717, 1.165) is 40.9 Å². The average molecular weight is 401 g/mol. The van der Waals surface area contributed by atoms with Crippen molar-refractivity contribution in [1.82, 2.24) is 10.2 Å². The largest absolute Gasteiger partial charge is 0.493 e. The highest BCUT2D eigenvalue weighted by molar-refractivity contribution is 7.80. The monoisotopic (exact) mass is 400 g/mol. The fourth-order valence-corrected chi connectivity index (χ4v) is 4.00. The van der Waals surface area contributed by atoms with E-state index in [1.165, 1.54) is 16.7 Å². The number of thiocarbonyl (C=S) groups is 1. The Labute approximate surface area is 172 Å². The van der Waals surface area contributed by atoms with Crippen LogP contribution in [-0.4, -0.2) is 44.4 Å². The number of fused-ring (bicyclic) bond motifs is 1. The zero-order chi connectivity index (χ0) is 20.3. The summed E-state index contributed by atoms with van der Waals surface area (Å²) in [6.07, 6.45) is 0.886. The van der Waals surface area contributed by atoms with Crippen LogP contribution in [0.25, 0.3) is 0 Å². The third-order valence-corrected chi connectivity index (χ3v) is 5.52. The second-order valence-corrected chi connectivity index (χ2v) is 7.44. The molecule has 1 aliphatic heterocycles. The maximum atomic E-state index is 6.22. The van der Waals surface area contributed by atoms with E-state index in [2.05, 4.69) is 48.3 Å². The molecule has 3 rings (SSSR count). The molecule has 28 heavy (non-hydrogen) atoms. The highest BCUT2D eigenvalue weighted by atomic mass is 32.1. The van der Waals surface area contributed by atoms with Crippen molar-refractivity contribution in [2.45, 2.75) is 26.3 Å². The van der Waals surface area contributed by atoms with Gasteiger partial charge < -0.3 is 24.4 Å². The molecule has 0 amide bonds. The molecule has 150 valence electrons. The highest BCUT2D eigenvalue weighted by Crippen LogP contribution is 2.38. The molecule has 6 heteroatoms. The van der Waals surface area contributed by atoms with Gasteiger partial charge in [0.2, 0.25) is 0 Å². The normalized spacial score (nSPS) is 15.6. The Hall–Kier alpha value is -2.47. The lowest BCUT2D eigenvalue weighted by Crippen LogP contribution is -2.46. The van der Waals surface area contributed by atoms with Gasteiger partial charge in [-0.2, -0.15) is 0 Å². The quantitative estimate of drug-likeness (QED) is 0.770. The fraction of sp³-hybridized carbons (Fsp3) is 0.409. The van der Waals surface area contributed by atoms with E-state index in [4.69, 9.17) is 26.4 Å². The summed E-state index contributed by atoms with van der Waals surface area (Å²) >= 11 is 5.57. The van der Waals surface area contributed by atoms with Gasteiger partial charge in [0.25, 0.3) is 0 Å². The van der Waals surface area contributed by atoms with Crippen LogP contribution in [0, 0.1) is 13.8 Å². The van der Waals surface area contributed by atoms with Crippen LogP contribution in [0.4, 0.5) is 0 Å². The summed E-state index contributed by atoms with van der Waals surface area (Å²) in [5.41, 5.74) is 4.77. The molecule has 0 spiro atoms. The van der Waals surface area contributed by atoms with Gasteiger partial charge in [0.05, 0.1) is 20.3 Å². The molecule has 0 aliphatic carbocycles. The summed E-state index contributed by atoms with van der Waals surface area (Å²) in [6, 6.07) is 10.4. The molecule has 0 saturated carbocycles. The second kappa shape index (κ2) is 8.69. The summed E-state index contributed by atoms with van der Waals surface area (Å²) in [5, 5.41) is 3.83. The molecule has 0 bridgehead atoms. The van der Waals surface area contributed by atoms with E-state index >= 15 is 0 Å². The van der Waals surface area contributed by atoms with Crippen molar-refractivity contribution in [3.8, 4) is 17.2 Å². The third-order valence-electron chi connectivity index (χ3n) is 5.08. The molecule has 2 aromatic rings. The number of hydrogen-bond acceptors (Lipinski definition) is 4. The summed E-state index contributed by atoms with van der Waals surface area (Å²) in [4.78, 5) is 2.19. The molecule has 2 aromatic carbocycles. The van der Waals surface area contributed by atoms with Crippen molar-refractivity contribution in [1.29, 1.82) is 0 Å². The van der Waals surface area contributed by atoms with Crippen molar-refractivity contribution < 1.29 is 14.2 Å². The molecular weight excluding hydrogens is 372 g/mol. The Balaban J connectivity index is 1.95. The number of nitrogens with one attached hydrogen (secondary N) is 1. The Kier molecular flexibility index (Phi) is 6.29. The minimum Gasteiger partial charge on any atom is -0.493 e. The van der Waals surface area contributed by atoms with E-state index in [9.17, 15) is 0 Å². The predicted molar refractivity (Wildman–Crippen MR) is 116 cm³/mol. The molecule has 1 atom stereocenters. The van der Waals surface area contributed by atoms with Crippen LogP contribution < -0.4 is 19.5 Å². The minimum atomic E-state index is -0.00988. The van der Waals surface area contributed by atoms with Gasteiger partial charge >= 0.3 is 0 Å². The molecule has 0 unspecified atom stereocenters. The van der Waals surface area contributed by atoms with Gasteiger partial charge in [-0.15, -0.1) is 0 Å². The molecule has 1 heterocycles. The molecule has 5 nitrogen and oxygen atoms in total. The first-order chi connectivity index (χ1) is 13.5. The molecule has 0 saturated heterocycles. The van der Waals surface area contributed by atoms with E-state index in [1.54, 1.807) is 14.2 Å². The molecule has 1 N–H and O–H groups in total. The molecule has 1 aliphatic rings. The number of ether oxygens (including phenoxy) is 3. The van der Waals surface area contributed by atoms with Crippen LogP contribution in [0.5, 0.6) is 17.2 Å². The van der Waals surface area contributed by atoms with Gasteiger partial charge in [-0.05, 0) is 79.0 Å². The van der Waals surface area contributed by atoms with Crippen LogP contribution >= 0.6 is 12.2 Å². The van der Waals surface area contributed by atoms with Crippen LogP contribution in [0.2, 0.25) is 0 Å². The van der Waals surface area contributed by atoms with E-state index in [1.807, 2.05) is 13.1 Å². The minimum absolute atomic E-state index is 0.00988. The average Bonchev–Trinajstić information content (AvgIpc) is 2.69. The highest BCUT2D eigenvalue weighted by Gasteiger charge is 2.31. The number of benzene rings is 2. The molecular formula is C22H28N2O3S. The summed E-state index contributed by atoms with van der Waals surface area (Å²) in [6.45, 7) is 5.47. The first kappa shape index (κ1) is 20.3.